The average Bonchev–Trinajstić information content (AvgIpc) is 3.93. The fourth-order valence-corrected chi connectivity index (χ4v) is 11.1. The Hall–Kier alpha value is -4.69. The second-order valence-corrected chi connectivity index (χ2v) is 22.8. The second-order valence-electron chi connectivity index (χ2n) is 20.6. The maximum atomic E-state index is 15.1. The van der Waals surface area contributed by atoms with Crippen molar-refractivity contribution in [3.8, 4) is 11.5 Å². The molecule has 2 saturated carbocycles. The molecule has 6 aliphatic rings. The number of nitrogens with one attached hydrogen (secondary N) is 3. The fourth-order valence-electron chi connectivity index (χ4n) is 9.75. The molecule has 0 radical (unpaired) electrons. The van der Waals surface area contributed by atoms with Gasteiger partial charge in [-0.1, -0.05) is 45.8 Å². The minimum atomic E-state index is -4.95. The predicted octanol–water partition coefficient (Wildman–Crippen LogP) is 5.55. The van der Waals surface area contributed by atoms with Crippen molar-refractivity contribution in [3.05, 3.63) is 41.6 Å². The van der Waals surface area contributed by atoms with Gasteiger partial charge in [0, 0.05) is 42.9 Å². The van der Waals surface area contributed by atoms with E-state index in [9.17, 15) is 27.6 Å². The summed E-state index contributed by atoms with van der Waals surface area (Å²) in [6, 6.07) is 2.13. The van der Waals surface area contributed by atoms with Crippen molar-refractivity contribution in [1.29, 1.82) is 0 Å². The number of nitrogens with zero attached hydrogens (tertiary/aromatic N) is 3. The van der Waals surface area contributed by atoms with Crippen LogP contribution in [0, 0.1) is 11.3 Å². The molecule has 2 aliphatic carbocycles. The summed E-state index contributed by atoms with van der Waals surface area (Å²) in [6.45, 7) is 10.6. The van der Waals surface area contributed by atoms with Gasteiger partial charge in [0.25, 0.3) is 5.91 Å². The van der Waals surface area contributed by atoms with Gasteiger partial charge in [-0.3, -0.25) is 24.0 Å². The van der Waals surface area contributed by atoms with Gasteiger partial charge >= 0.3 is 12.3 Å². The third kappa shape index (κ3) is 10.5. The molecule has 3 N–H and O–H groups in total. The molecule has 0 bridgehead atoms. The predicted molar refractivity (Wildman–Crippen MR) is 240 cm³/mol. The van der Waals surface area contributed by atoms with Crippen molar-refractivity contribution in [2.45, 2.75) is 139 Å². The maximum Gasteiger partial charge on any atom is 0.437 e. The van der Waals surface area contributed by atoms with Crippen LogP contribution in [0.25, 0.3) is 10.9 Å². The number of allylic oxidation sites excluding steroid dienone is 1. The highest BCUT2D eigenvalue weighted by Gasteiger charge is 2.60. The van der Waals surface area contributed by atoms with E-state index in [1.807, 2.05) is 32.9 Å². The number of alkyl halides is 3. The van der Waals surface area contributed by atoms with Crippen LogP contribution < -0.4 is 24.8 Å². The van der Waals surface area contributed by atoms with E-state index < -0.39 is 85.3 Å². The molecule has 1 spiro atoms. The number of amides is 4. The number of hydrogen-bond donors (Lipinski definition) is 3. The van der Waals surface area contributed by atoms with Crippen molar-refractivity contribution < 1.29 is 59.7 Å². The molecular weight excluding hydrogens is 898 g/mol. The maximum absolute atomic E-state index is 15.1. The Balaban J connectivity index is 1.14. The van der Waals surface area contributed by atoms with Crippen molar-refractivity contribution in [3.63, 3.8) is 0 Å². The zero-order chi connectivity index (χ0) is 48.0. The normalized spacial score (nSPS) is 28.6. The zero-order valence-corrected chi connectivity index (χ0v) is 39.5. The van der Waals surface area contributed by atoms with Gasteiger partial charge in [-0.05, 0) is 88.3 Å². The summed E-state index contributed by atoms with van der Waals surface area (Å²) in [4.78, 5) is 64.9. The number of sulfonamides is 1. The smallest absolute Gasteiger partial charge is 0.437 e. The molecule has 368 valence electrons. The molecule has 1 aromatic heterocycles. The van der Waals surface area contributed by atoms with E-state index in [0.29, 0.717) is 82.4 Å². The van der Waals surface area contributed by atoms with Crippen LogP contribution in [-0.2, 0) is 46.5 Å². The van der Waals surface area contributed by atoms with Crippen LogP contribution in [-0.4, -0.2) is 128 Å². The second kappa shape index (κ2) is 18.7. The van der Waals surface area contributed by atoms with Crippen LogP contribution in [0.15, 0.2) is 30.4 Å². The number of alkyl carbamates (subject to hydrolysis) is 1. The van der Waals surface area contributed by atoms with Gasteiger partial charge in [0.15, 0.2) is 11.4 Å². The minimum absolute atomic E-state index is 0.0453. The monoisotopic (exact) mass is 960 g/mol. The van der Waals surface area contributed by atoms with Crippen LogP contribution in [0.3, 0.4) is 0 Å². The van der Waals surface area contributed by atoms with E-state index >= 15 is 13.2 Å². The number of pyridine rings is 1. The Morgan fingerprint density at radius 2 is 1.79 bits per heavy atom. The number of hydrogen-bond acceptors (Lipinski definition) is 12. The number of aromatic nitrogens is 1. The molecule has 4 amide bonds. The zero-order valence-electron chi connectivity index (χ0n) is 38.7. The fraction of sp³-hybridized carbons (Fsp3) is 0.681. The van der Waals surface area contributed by atoms with E-state index in [-0.39, 0.29) is 61.8 Å². The molecule has 0 unspecified atom stereocenters. The highest BCUT2D eigenvalue weighted by Crippen LogP contribution is 2.50. The van der Waals surface area contributed by atoms with Crippen LogP contribution in [0.4, 0.5) is 18.0 Å². The van der Waals surface area contributed by atoms with E-state index in [4.69, 9.17) is 18.9 Å². The van der Waals surface area contributed by atoms with Crippen LogP contribution >= 0.6 is 0 Å². The van der Waals surface area contributed by atoms with Crippen molar-refractivity contribution >= 4 is 44.7 Å². The summed E-state index contributed by atoms with van der Waals surface area (Å²) in [5.74, 6) is -3.03. The van der Waals surface area contributed by atoms with E-state index in [2.05, 4.69) is 25.2 Å². The third-order valence-corrected chi connectivity index (χ3v) is 16.4. The molecular formula is C47H63F3N6O10S. The number of benzene rings is 1. The topological polar surface area (TPSA) is 195 Å². The van der Waals surface area contributed by atoms with E-state index in [1.165, 1.54) is 11.0 Å². The summed E-state index contributed by atoms with van der Waals surface area (Å²) in [5.41, 5.74) is -4.54. The first-order valence-corrected chi connectivity index (χ1v) is 25.0. The van der Waals surface area contributed by atoms with Gasteiger partial charge in [0.1, 0.15) is 35.6 Å². The first kappa shape index (κ1) is 48.8. The lowest BCUT2D eigenvalue weighted by molar-refractivity contribution is -0.145. The number of carbonyl (C=O) groups is 4. The Kier molecular flexibility index (Phi) is 13.6. The first-order valence-electron chi connectivity index (χ1n) is 23.6. The summed E-state index contributed by atoms with van der Waals surface area (Å²) in [5, 5.41) is 6.00. The summed E-state index contributed by atoms with van der Waals surface area (Å²) in [7, 11) is -4.12. The lowest BCUT2D eigenvalue weighted by atomic mass is 9.65. The van der Waals surface area contributed by atoms with Crippen LogP contribution in [0.2, 0.25) is 0 Å². The number of rotatable bonds is 9. The molecule has 16 nitrogen and oxygen atoms in total. The molecule has 20 heteroatoms. The minimum Gasteiger partial charge on any atom is -0.492 e. The van der Waals surface area contributed by atoms with E-state index in [1.54, 1.807) is 19.1 Å². The Morgan fingerprint density at radius 3 is 2.48 bits per heavy atom. The summed E-state index contributed by atoms with van der Waals surface area (Å²) >= 11 is 0. The summed E-state index contributed by atoms with van der Waals surface area (Å²) in [6.07, 6.45) is 1.73. The molecule has 4 aliphatic heterocycles. The molecule has 5 heterocycles. The Morgan fingerprint density at radius 1 is 1.03 bits per heavy atom. The molecule has 2 saturated heterocycles. The number of fused-ring (bicyclic) bond motifs is 5. The van der Waals surface area contributed by atoms with Gasteiger partial charge in [-0.25, -0.2) is 18.2 Å². The third-order valence-electron chi connectivity index (χ3n) is 14.2. The molecule has 67 heavy (non-hydrogen) atoms. The van der Waals surface area contributed by atoms with Crippen LogP contribution in [0.1, 0.15) is 110 Å². The number of morpholine rings is 1. The van der Waals surface area contributed by atoms with Crippen LogP contribution in [0.5, 0.6) is 11.5 Å². The number of carbonyl (C=O) groups excluding carboxylic acids is 4. The van der Waals surface area contributed by atoms with Gasteiger partial charge in [0.05, 0.1) is 36.6 Å². The van der Waals surface area contributed by atoms with Gasteiger partial charge in [0.2, 0.25) is 21.8 Å². The largest absolute Gasteiger partial charge is 0.492 e. The molecule has 4 fully saturated rings. The van der Waals surface area contributed by atoms with E-state index in [0.717, 1.165) is 13.1 Å². The van der Waals surface area contributed by atoms with Gasteiger partial charge < -0.3 is 34.5 Å². The number of ether oxygens (including phenoxy) is 4. The number of halogens is 3. The average molecular weight is 961 g/mol. The molecule has 5 atom stereocenters. The SMILES string of the molecule is CC(C)(C)COC(=O)N[C@H]1CCCCC/C=C\[C@@H]2CC[C@@]2(C(=O)NS(=O)(=O)C2(C)CC2)NC(=O)[C@@H]2C[C@]3(CCc4c(c(C(F)(F)F)nc5ccc(OCCN6CCOCC6)cc45)O3)CN2C1=O. The van der Waals surface area contributed by atoms with Gasteiger partial charge in [-0.15, -0.1) is 0 Å². The quantitative estimate of drug-likeness (QED) is 0.266. The van der Waals surface area contributed by atoms with Crippen molar-refractivity contribution in [2.24, 2.45) is 11.3 Å². The van der Waals surface area contributed by atoms with Crippen molar-refractivity contribution in [1.82, 2.24) is 30.1 Å². The lowest BCUT2D eigenvalue weighted by Crippen LogP contribution is -2.70. The Labute approximate surface area is 389 Å². The molecule has 8 rings (SSSR count). The molecule has 1 aromatic carbocycles. The summed E-state index contributed by atoms with van der Waals surface area (Å²) < 4.78 is 96.6. The highest BCUT2D eigenvalue weighted by atomic mass is 32.2. The number of aryl methyl sites for hydroxylation is 1. The Bertz CT molecular complexity index is 2380. The first-order chi connectivity index (χ1) is 31.6. The lowest BCUT2D eigenvalue weighted by Gasteiger charge is -2.48. The highest BCUT2D eigenvalue weighted by molar-refractivity contribution is 7.91. The van der Waals surface area contributed by atoms with Crippen molar-refractivity contribution in [2.75, 3.05) is 52.6 Å². The standard InChI is InChI=1S/C47H63F3N6O10S/c1-43(2,3)29-65-42(60)52-35-11-9-7-5-6-8-10-30-14-17-46(30,41(59)54-67(61,62)44(4)18-19-44)53-39(57)36-27-45(28-56(36)40(35)58)16-15-32-33-26-31(64-25-22-55-20-23-63-24-21-55)12-13-34(33)51-38(37(32)66-45)47(48,49)50/h8,10,12-13,26,30,35-36H,5-7,9,11,14-25,27-29H2,1-4H3,(H,52,60)(H,53,57)(H,54,59)/b10-8-/t30-,35+,36+,45-,46-/m1/s1. The van der Waals surface area contributed by atoms with Gasteiger partial charge in [-0.2, -0.15) is 13.2 Å². The molecule has 2 aromatic rings.